The minimum absolute atomic E-state index is 1.12. The van der Waals surface area contributed by atoms with E-state index in [9.17, 15) is 0 Å². The highest BCUT2D eigenvalue weighted by Crippen LogP contribution is 2.02. The fourth-order valence-corrected chi connectivity index (χ4v) is 1.14. The van der Waals surface area contributed by atoms with Crippen LogP contribution in [0.1, 0.15) is 25.3 Å². The van der Waals surface area contributed by atoms with Gasteiger partial charge in [-0.25, -0.2) is 0 Å². The van der Waals surface area contributed by atoms with E-state index in [1.165, 1.54) is 5.56 Å². The molecule has 68 valence electrons. The Morgan fingerprint density at radius 2 is 1.69 bits per heavy atom. The molecule has 0 amide bonds. The Kier molecular flexibility index (Phi) is 4.70. The topological polar surface area (TPSA) is 0 Å². The van der Waals surface area contributed by atoms with Gasteiger partial charge in [-0.3, -0.25) is 0 Å². The van der Waals surface area contributed by atoms with Crippen LogP contribution in [0.25, 0.3) is 6.08 Å². The monoisotopic (exact) mass is 172 g/mol. The molecule has 0 atom stereocenters. The van der Waals surface area contributed by atoms with Crippen LogP contribution in [0.15, 0.2) is 48.6 Å². The van der Waals surface area contributed by atoms with E-state index in [2.05, 4.69) is 55.5 Å². The van der Waals surface area contributed by atoms with Crippen LogP contribution in [0.5, 0.6) is 0 Å². The lowest BCUT2D eigenvalue weighted by Gasteiger charge is -1.90. The van der Waals surface area contributed by atoms with Crippen LogP contribution in [0.2, 0.25) is 0 Å². The standard InChI is InChI=1S/C13H16/c1-2-3-4-5-7-10-13-11-8-6-9-12-13/h2-3,6-12H,4-5H2,1H3. The van der Waals surface area contributed by atoms with Gasteiger partial charge in [0.15, 0.2) is 0 Å². The molecule has 1 aromatic rings. The van der Waals surface area contributed by atoms with Crippen LogP contribution in [0.3, 0.4) is 0 Å². The first-order chi connectivity index (χ1) is 6.43. The van der Waals surface area contributed by atoms with Crippen molar-refractivity contribution in [3.8, 4) is 0 Å². The molecular formula is C13H16. The van der Waals surface area contributed by atoms with Gasteiger partial charge in [0, 0.05) is 0 Å². The molecule has 0 heteroatoms. The van der Waals surface area contributed by atoms with Crippen molar-refractivity contribution in [1.29, 1.82) is 0 Å². The zero-order valence-corrected chi connectivity index (χ0v) is 8.11. The predicted octanol–water partition coefficient (Wildman–Crippen LogP) is 4.06. The first-order valence-electron chi connectivity index (χ1n) is 4.76. The van der Waals surface area contributed by atoms with Crippen LogP contribution < -0.4 is 0 Å². The smallest absolute Gasteiger partial charge is 0.0260 e. The second-order valence-electron chi connectivity index (χ2n) is 2.96. The van der Waals surface area contributed by atoms with Crippen molar-refractivity contribution < 1.29 is 0 Å². The zero-order valence-electron chi connectivity index (χ0n) is 8.11. The van der Waals surface area contributed by atoms with Crippen molar-refractivity contribution in [3.63, 3.8) is 0 Å². The minimum atomic E-state index is 1.12. The van der Waals surface area contributed by atoms with Gasteiger partial charge in [0.25, 0.3) is 0 Å². The molecule has 0 aliphatic heterocycles. The molecule has 1 aromatic carbocycles. The summed E-state index contributed by atoms with van der Waals surface area (Å²) in [5.74, 6) is 0. The highest BCUT2D eigenvalue weighted by atomic mass is 13.9. The molecule has 13 heavy (non-hydrogen) atoms. The van der Waals surface area contributed by atoms with Crippen molar-refractivity contribution in [2.75, 3.05) is 0 Å². The summed E-state index contributed by atoms with van der Waals surface area (Å²) in [6, 6.07) is 10.4. The lowest BCUT2D eigenvalue weighted by atomic mass is 10.2. The van der Waals surface area contributed by atoms with Crippen molar-refractivity contribution >= 4 is 6.08 Å². The van der Waals surface area contributed by atoms with Crippen LogP contribution >= 0.6 is 0 Å². The summed E-state index contributed by atoms with van der Waals surface area (Å²) >= 11 is 0. The molecule has 0 N–H and O–H groups in total. The highest BCUT2D eigenvalue weighted by Gasteiger charge is 1.81. The van der Waals surface area contributed by atoms with E-state index in [-0.39, 0.29) is 0 Å². The lowest BCUT2D eigenvalue weighted by molar-refractivity contribution is 1.05. The minimum Gasteiger partial charge on any atom is -0.0917 e. The Balaban J connectivity index is 2.32. The maximum absolute atomic E-state index is 2.22. The largest absolute Gasteiger partial charge is 0.0917 e. The quantitative estimate of drug-likeness (QED) is 0.474. The number of benzene rings is 1. The van der Waals surface area contributed by atoms with Crippen molar-refractivity contribution in [2.45, 2.75) is 19.8 Å². The number of unbranched alkanes of at least 4 members (excludes halogenated alkanes) is 1. The number of hydrogen-bond donors (Lipinski definition) is 0. The van der Waals surface area contributed by atoms with Gasteiger partial charge in [-0.2, -0.15) is 0 Å². The summed E-state index contributed by atoms with van der Waals surface area (Å²) in [7, 11) is 0. The molecule has 0 saturated heterocycles. The maximum atomic E-state index is 2.22. The molecule has 0 radical (unpaired) electrons. The van der Waals surface area contributed by atoms with E-state index >= 15 is 0 Å². The summed E-state index contributed by atoms with van der Waals surface area (Å²) < 4.78 is 0. The molecule has 1 rings (SSSR count). The van der Waals surface area contributed by atoms with Gasteiger partial charge in [0.05, 0.1) is 0 Å². The fraction of sp³-hybridized carbons (Fsp3) is 0.231. The fourth-order valence-electron chi connectivity index (χ4n) is 1.14. The van der Waals surface area contributed by atoms with Crippen molar-refractivity contribution in [3.05, 3.63) is 54.1 Å². The summed E-state index contributed by atoms with van der Waals surface area (Å²) in [4.78, 5) is 0. The Bertz CT molecular complexity index is 267. The Morgan fingerprint density at radius 1 is 1.00 bits per heavy atom. The summed E-state index contributed by atoms with van der Waals surface area (Å²) in [5, 5.41) is 0. The number of hydrogen-bond acceptors (Lipinski definition) is 0. The van der Waals surface area contributed by atoms with Crippen LogP contribution in [-0.4, -0.2) is 0 Å². The van der Waals surface area contributed by atoms with Gasteiger partial charge in [-0.05, 0) is 25.3 Å². The molecule has 0 heterocycles. The normalized spacial score (nSPS) is 11.5. The second kappa shape index (κ2) is 6.24. The third kappa shape index (κ3) is 4.32. The van der Waals surface area contributed by atoms with E-state index in [1.54, 1.807) is 0 Å². The predicted molar refractivity (Wildman–Crippen MR) is 59.5 cm³/mol. The van der Waals surface area contributed by atoms with Gasteiger partial charge >= 0.3 is 0 Å². The molecule has 0 nitrogen and oxygen atoms in total. The molecule has 0 aliphatic rings. The van der Waals surface area contributed by atoms with E-state index in [4.69, 9.17) is 0 Å². The SMILES string of the molecule is CC=CCCC=Cc1ccccc1. The summed E-state index contributed by atoms with van der Waals surface area (Å²) in [5.41, 5.74) is 1.28. The Labute approximate surface area is 80.6 Å². The molecule has 0 bridgehead atoms. The van der Waals surface area contributed by atoms with Gasteiger partial charge in [0.2, 0.25) is 0 Å². The van der Waals surface area contributed by atoms with E-state index in [0.29, 0.717) is 0 Å². The van der Waals surface area contributed by atoms with E-state index in [1.807, 2.05) is 6.07 Å². The van der Waals surface area contributed by atoms with E-state index in [0.717, 1.165) is 12.8 Å². The average Bonchev–Trinajstić information content (AvgIpc) is 2.19. The molecule has 0 spiro atoms. The summed E-state index contributed by atoms with van der Waals surface area (Å²) in [6.07, 6.45) is 10.9. The first-order valence-corrected chi connectivity index (χ1v) is 4.76. The van der Waals surface area contributed by atoms with Crippen LogP contribution in [0, 0.1) is 0 Å². The highest BCUT2D eigenvalue weighted by molar-refractivity contribution is 5.48. The Hall–Kier alpha value is -1.30. The van der Waals surface area contributed by atoms with E-state index < -0.39 is 0 Å². The van der Waals surface area contributed by atoms with Crippen molar-refractivity contribution in [1.82, 2.24) is 0 Å². The first kappa shape index (κ1) is 9.79. The van der Waals surface area contributed by atoms with Crippen LogP contribution in [-0.2, 0) is 0 Å². The number of rotatable bonds is 4. The number of allylic oxidation sites excluding steroid dienone is 3. The molecule has 0 aromatic heterocycles. The molecule has 0 saturated carbocycles. The third-order valence-corrected chi connectivity index (χ3v) is 1.85. The third-order valence-electron chi connectivity index (χ3n) is 1.85. The van der Waals surface area contributed by atoms with Gasteiger partial charge in [0.1, 0.15) is 0 Å². The van der Waals surface area contributed by atoms with Gasteiger partial charge < -0.3 is 0 Å². The molecule has 0 aliphatic carbocycles. The molecular weight excluding hydrogens is 156 g/mol. The maximum Gasteiger partial charge on any atom is -0.0260 e. The van der Waals surface area contributed by atoms with Crippen LogP contribution in [0.4, 0.5) is 0 Å². The van der Waals surface area contributed by atoms with Gasteiger partial charge in [-0.1, -0.05) is 54.6 Å². The molecule has 0 fully saturated rings. The second-order valence-corrected chi connectivity index (χ2v) is 2.96. The van der Waals surface area contributed by atoms with Gasteiger partial charge in [-0.15, -0.1) is 0 Å². The zero-order chi connectivity index (χ0) is 9.36. The Morgan fingerprint density at radius 3 is 2.38 bits per heavy atom. The molecule has 0 unspecified atom stereocenters. The lowest BCUT2D eigenvalue weighted by Crippen LogP contribution is -1.69. The van der Waals surface area contributed by atoms with Crippen molar-refractivity contribution in [2.24, 2.45) is 0 Å². The average molecular weight is 172 g/mol. The summed E-state index contributed by atoms with van der Waals surface area (Å²) in [6.45, 7) is 2.06.